The van der Waals surface area contributed by atoms with Crippen LogP contribution in [0.15, 0.2) is 12.1 Å². The number of benzene rings is 1. The maximum atomic E-state index is 10.7. The van der Waals surface area contributed by atoms with E-state index < -0.39 is 16.4 Å². The lowest BCUT2D eigenvalue weighted by atomic mass is 9.66. The highest BCUT2D eigenvalue weighted by atomic mass is 35.5. The van der Waals surface area contributed by atoms with Crippen molar-refractivity contribution in [3.63, 3.8) is 0 Å². The van der Waals surface area contributed by atoms with Gasteiger partial charge in [-0.3, -0.25) is 10.1 Å². The Bertz CT molecular complexity index is 509. The number of aliphatic hydroxyl groups excluding tert-OH is 1. The van der Waals surface area contributed by atoms with Crippen molar-refractivity contribution in [2.24, 2.45) is 5.41 Å². The summed E-state index contributed by atoms with van der Waals surface area (Å²) in [5.74, 6) is 0.221. The van der Waals surface area contributed by atoms with Crippen LogP contribution in [0.1, 0.15) is 20.3 Å². The topological polar surface area (TPSA) is 72.6 Å². The molecule has 104 valence electrons. The maximum Gasteiger partial charge on any atom is 0.272 e. The van der Waals surface area contributed by atoms with Gasteiger partial charge < -0.3 is 9.84 Å². The number of nitrogens with zero attached hydrogens (tertiary/aromatic N) is 1. The van der Waals surface area contributed by atoms with Gasteiger partial charge in [0.25, 0.3) is 5.69 Å². The van der Waals surface area contributed by atoms with E-state index >= 15 is 0 Å². The van der Waals surface area contributed by atoms with Gasteiger partial charge in [-0.15, -0.1) is 0 Å². The number of rotatable bonds is 3. The third-order valence-electron chi connectivity index (χ3n) is 3.58. The predicted molar refractivity (Wildman–Crippen MR) is 71.9 cm³/mol. The molecule has 2 unspecified atom stereocenters. The van der Waals surface area contributed by atoms with E-state index in [0.29, 0.717) is 6.42 Å². The summed E-state index contributed by atoms with van der Waals surface area (Å²) in [5, 5.41) is 20.5. The van der Waals surface area contributed by atoms with Crippen LogP contribution in [0.25, 0.3) is 0 Å². The Labute approximate surface area is 120 Å². The third kappa shape index (κ3) is 2.50. The summed E-state index contributed by atoms with van der Waals surface area (Å²) in [7, 11) is 0. The van der Waals surface area contributed by atoms with Gasteiger partial charge in [0.05, 0.1) is 21.1 Å². The number of halogens is 2. The Morgan fingerprint density at radius 3 is 2.32 bits per heavy atom. The van der Waals surface area contributed by atoms with E-state index in [1.807, 2.05) is 13.8 Å². The molecular formula is C12H13Cl2NO4. The van der Waals surface area contributed by atoms with Gasteiger partial charge in [-0.2, -0.15) is 0 Å². The lowest BCUT2D eigenvalue weighted by Crippen LogP contribution is -2.56. The standard InChI is InChI=1S/C12H13Cl2NO4/c1-12(2)9(16)5-10(12)19-11-7(13)3-6(15(17)18)4-8(11)14/h3-4,9-10,16H,5H2,1-2H3. The molecule has 7 heteroatoms. The molecule has 1 fully saturated rings. The Morgan fingerprint density at radius 2 is 1.95 bits per heavy atom. The van der Waals surface area contributed by atoms with Gasteiger partial charge in [-0.25, -0.2) is 0 Å². The number of hydrogen-bond acceptors (Lipinski definition) is 4. The average molecular weight is 306 g/mol. The smallest absolute Gasteiger partial charge is 0.272 e. The quantitative estimate of drug-likeness (QED) is 0.686. The second-order valence-corrected chi connectivity index (χ2v) is 5.99. The van der Waals surface area contributed by atoms with Crippen LogP contribution in [0.3, 0.4) is 0 Å². The molecule has 1 aliphatic rings. The normalized spacial score (nSPS) is 24.7. The molecule has 0 bridgehead atoms. The first kappa shape index (κ1) is 14.4. The molecule has 0 saturated heterocycles. The van der Waals surface area contributed by atoms with E-state index in [1.54, 1.807) is 0 Å². The van der Waals surface area contributed by atoms with Crippen molar-refractivity contribution in [2.45, 2.75) is 32.5 Å². The molecule has 0 spiro atoms. The van der Waals surface area contributed by atoms with Crippen molar-refractivity contribution in [3.05, 3.63) is 32.3 Å². The Kier molecular flexibility index (Phi) is 3.64. The molecular weight excluding hydrogens is 293 g/mol. The first-order chi connectivity index (χ1) is 8.73. The van der Waals surface area contributed by atoms with E-state index in [4.69, 9.17) is 27.9 Å². The zero-order valence-electron chi connectivity index (χ0n) is 10.4. The summed E-state index contributed by atoms with van der Waals surface area (Å²) in [5.41, 5.74) is -0.579. The molecule has 19 heavy (non-hydrogen) atoms. The van der Waals surface area contributed by atoms with E-state index in [9.17, 15) is 15.2 Å². The van der Waals surface area contributed by atoms with Gasteiger partial charge in [0.2, 0.25) is 0 Å². The highest BCUT2D eigenvalue weighted by molar-refractivity contribution is 6.37. The van der Waals surface area contributed by atoms with Crippen LogP contribution >= 0.6 is 23.2 Å². The molecule has 1 saturated carbocycles. The molecule has 0 radical (unpaired) electrons. The molecule has 1 N–H and O–H groups in total. The molecule has 1 aromatic carbocycles. The summed E-state index contributed by atoms with van der Waals surface area (Å²) in [6.45, 7) is 3.75. The minimum Gasteiger partial charge on any atom is -0.487 e. The van der Waals surface area contributed by atoms with E-state index in [-0.39, 0.29) is 27.6 Å². The molecule has 2 rings (SSSR count). The van der Waals surface area contributed by atoms with Gasteiger partial charge in [-0.05, 0) is 0 Å². The van der Waals surface area contributed by atoms with Crippen molar-refractivity contribution in [3.8, 4) is 5.75 Å². The lowest BCUT2D eigenvalue weighted by Gasteiger charge is -2.48. The lowest BCUT2D eigenvalue weighted by molar-refractivity contribution is -0.384. The predicted octanol–water partition coefficient (Wildman–Crippen LogP) is 3.44. The average Bonchev–Trinajstić information content (AvgIpc) is 2.31. The second-order valence-electron chi connectivity index (χ2n) is 5.18. The van der Waals surface area contributed by atoms with Crippen LogP contribution in [-0.4, -0.2) is 22.2 Å². The molecule has 1 aromatic rings. The number of aliphatic hydroxyl groups is 1. The van der Waals surface area contributed by atoms with Crippen LogP contribution in [0.2, 0.25) is 10.0 Å². The van der Waals surface area contributed by atoms with Gasteiger partial charge >= 0.3 is 0 Å². The van der Waals surface area contributed by atoms with Gasteiger partial charge in [-0.1, -0.05) is 37.0 Å². The van der Waals surface area contributed by atoms with Crippen molar-refractivity contribution >= 4 is 28.9 Å². The summed E-state index contributed by atoms with van der Waals surface area (Å²) >= 11 is 11.9. The molecule has 5 nitrogen and oxygen atoms in total. The summed E-state index contributed by atoms with van der Waals surface area (Å²) in [6, 6.07) is 2.40. The van der Waals surface area contributed by atoms with Crippen LogP contribution in [0.5, 0.6) is 5.75 Å². The number of hydrogen-bond donors (Lipinski definition) is 1. The number of nitro groups is 1. The van der Waals surface area contributed by atoms with E-state index in [0.717, 1.165) is 0 Å². The zero-order valence-corrected chi connectivity index (χ0v) is 11.9. The SMILES string of the molecule is CC1(C)C(O)CC1Oc1c(Cl)cc([N+](=O)[O-])cc1Cl. The van der Waals surface area contributed by atoms with E-state index in [1.165, 1.54) is 12.1 Å². The second kappa shape index (κ2) is 4.81. The zero-order chi connectivity index (χ0) is 14.4. The largest absolute Gasteiger partial charge is 0.487 e. The minimum absolute atomic E-state index is 0.0939. The number of nitro benzene ring substituents is 1. The molecule has 1 aliphatic carbocycles. The van der Waals surface area contributed by atoms with E-state index in [2.05, 4.69) is 0 Å². The number of ether oxygens (including phenoxy) is 1. The summed E-state index contributed by atoms with van der Waals surface area (Å²) in [6.07, 6.45) is -0.177. The molecule has 2 atom stereocenters. The highest BCUT2D eigenvalue weighted by Gasteiger charge is 2.49. The Hall–Kier alpha value is -1.04. The summed E-state index contributed by atoms with van der Waals surface area (Å²) in [4.78, 5) is 10.1. The minimum atomic E-state index is -0.571. The Morgan fingerprint density at radius 1 is 1.42 bits per heavy atom. The van der Waals surface area contributed by atoms with Crippen LogP contribution in [-0.2, 0) is 0 Å². The van der Waals surface area contributed by atoms with Gasteiger partial charge in [0.1, 0.15) is 6.10 Å². The fourth-order valence-electron chi connectivity index (χ4n) is 1.97. The monoisotopic (exact) mass is 305 g/mol. The first-order valence-electron chi connectivity index (χ1n) is 5.71. The molecule has 0 heterocycles. The third-order valence-corrected chi connectivity index (χ3v) is 4.14. The highest BCUT2D eigenvalue weighted by Crippen LogP contribution is 2.46. The maximum absolute atomic E-state index is 10.7. The fraction of sp³-hybridized carbons (Fsp3) is 0.500. The van der Waals surface area contributed by atoms with Crippen LogP contribution in [0.4, 0.5) is 5.69 Å². The van der Waals surface area contributed by atoms with Crippen LogP contribution in [0, 0.1) is 15.5 Å². The molecule has 0 aromatic heterocycles. The van der Waals surface area contributed by atoms with Crippen molar-refractivity contribution in [1.82, 2.24) is 0 Å². The van der Waals surface area contributed by atoms with Crippen molar-refractivity contribution in [2.75, 3.05) is 0 Å². The molecule has 0 amide bonds. The first-order valence-corrected chi connectivity index (χ1v) is 6.47. The Balaban J connectivity index is 2.25. The van der Waals surface area contributed by atoms with Gasteiger partial charge in [0.15, 0.2) is 5.75 Å². The summed E-state index contributed by atoms with van der Waals surface area (Å²) < 4.78 is 5.69. The molecule has 0 aliphatic heterocycles. The number of non-ortho nitro benzene ring substituents is 1. The van der Waals surface area contributed by atoms with Crippen molar-refractivity contribution in [1.29, 1.82) is 0 Å². The van der Waals surface area contributed by atoms with Crippen LogP contribution < -0.4 is 4.74 Å². The van der Waals surface area contributed by atoms with Crippen molar-refractivity contribution < 1.29 is 14.8 Å². The fourth-order valence-corrected chi connectivity index (χ4v) is 2.54. The van der Waals surface area contributed by atoms with Gasteiger partial charge in [0, 0.05) is 24.0 Å².